The van der Waals surface area contributed by atoms with Crippen LogP contribution in [0.3, 0.4) is 0 Å². The van der Waals surface area contributed by atoms with E-state index in [4.69, 9.17) is 4.74 Å². The Kier molecular flexibility index (Phi) is 4.31. The van der Waals surface area contributed by atoms with Gasteiger partial charge in [0.2, 0.25) is 5.91 Å². The van der Waals surface area contributed by atoms with Crippen LogP contribution in [0.25, 0.3) is 4.96 Å². The summed E-state index contributed by atoms with van der Waals surface area (Å²) in [4.78, 5) is 22.2. The van der Waals surface area contributed by atoms with E-state index in [1.165, 1.54) is 0 Å². The van der Waals surface area contributed by atoms with Gasteiger partial charge in [-0.15, -0.1) is 11.3 Å². The largest absolute Gasteiger partial charge is 0.497 e. The summed E-state index contributed by atoms with van der Waals surface area (Å²) >= 11 is 1.58. The van der Waals surface area contributed by atoms with Gasteiger partial charge >= 0.3 is 0 Å². The molecule has 1 saturated heterocycles. The number of hydrogen-bond donors (Lipinski definition) is 0. The number of piperazine rings is 1. The van der Waals surface area contributed by atoms with E-state index >= 15 is 0 Å². The van der Waals surface area contributed by atoms with Gasteiger partial charge in [0, 0.05) is 55.7 Å². The molecule has 1 aliphatic rings. The molecule has 6 nitrogen and oxygen atoms in total. The van der Waals surface area contributed by atoms with Crippen LogP contribution < -0.4 is 9.64 Å². The van der Waals surface area contributed by atoms with Crippen molar-refractivity contribution in [2.24, 2.45) is 0 Å². The Bertz CT molecular complexity index is 851. The third kappa shape index (κ3) is 3.32. The molecule has 1 aromatic carbocycles. The third-order valence-electron chi connectivity index (χ3n) is 4.53. The maximum Gasteiger partial charge on any atom is 0.228 e. The van der Waals surface area contributed by atoms with Gasteiger partial charge in [-0.05, 0) is 12.1 Å². The van der Waals surface area contributed by atoms with Crippen LogP contribution in [-0.2, 0) is 11.2 Å². The fraction of sp³-hybridized carbons (Fsp3) is 0.333. The lowest BCUT2D eigenvalue weighted by Gasteiger charge is -2.36. The smallest absolute Gasteiger partial charge is 0.228 e. The lowest BCUT2D eigenvalue weighted by molar-refractivity contribution is -0.130. The van der Waals surface area contributed by atoms with E-state index < -0.39 is 0 Å². The molecule has 0 radical (unpaired) electrons. The van der Waals surface area contributed by atoms with E-state index in [1.54, 1.807) is 18.4 Å². The van der Waals surface area contributed by atoms with Crippen molar-refractivity contribution in [3.8, 4) is 5.75 Å². The van der Waals surface area contributed by atoms with Crippen molar-refractivity contribution in [3.05, 3.63) is 47.7 Å². The number of carbonyl (C=O) groups excluding carboxylic acids is 1. The van der Waals surface area contributed by atoms with Crippen LogP contribution in [-0.4, -0.2) is 53.5 Å². The van der Waals surface area contributed by atoms with Crippen LogP contribution in [0.5, 0.6) is 5.75 Å². The number of imidazole rings is 1. The number of anilines is 1. The van der Waals surface area contributed by atoms with Gasteiger partial charge in [0.1, 0.15) is 5.75 Å². The Balaban J connectivity index is 1.36. The van der Waals surface area contributed by atoms with Crippen LogP contribution in [0.2, 0.25) is 0 Å². The maximum absolute atomic E-state index is 12.6. The van der Waals surface area contributed by atoms with Gasteiger partial charge in [0.05, 0.1) is 19.2 Å². The van der Waals surface area contributed by atoms with Gasteiger partial charge in [0.25, 0.3) is 0 Å². The number of thiazole rings is 1. The predicted octanol–water partition coefficient (Wildman–Crippen LogP) is 2.30. The Labute approximate surface area is 150 Å². The van der Waals surface area contributed by atoms with Gasteiger partial charge < -0.3 is 14.5 Å². The predicted molar refractivity (Wildman–Crippen MR) is 98.6 cm³/mol. The summed E-state index contributed by atoms with van der Waals surface area (Å²) in [6.07, 6.45) is 4.28. The molecular formula is C18H20N4O2S. The normalized spacial score (nSPS) is 14.9. The molecule has 0 aliphatic carbocycles. The highest BCUT2D eigenvalue weighted by molar-refractivity contribution is 7.15. The number of carbonyl (C=O) groups is 1. The molecule has 0 saturated carbocycles. The highest BCUT2D eigenvalue weighted by atomic mass is 32.1. The highest BCUT2D eigenvalue weighted by Crippen LogP contribution is 2.22. The average molecular weight is 356 g/mol. The number of methoxy groups -OCH3 is 1. The molecule has 0 unspecified atom stereocenters. The van der Waals surface area contributed by atoms with E-state index in [-0.39, 0.29) is 5.91 Å². The Morgan fingerprint density at radius 3 is 2.88 bits per heavy atom. The van der Waals surface area contributed by atoms with Crippen molar-refractivity contribution >= 4 is 27.9 Å². The van der Waals surface area contributed by atoms with Crippen molar-refractivity contribution in [2.45, 2.75) is 6.42 Å². The summed E-state index contributed by atoms with van der Waals surface area (Å²) < 4.78 is 7.26. The van der Waals surface area contributed by atoms with Gasteiger partial charge in [-0.2, -0.15) is 0 Å². The first kappa shape index (κ1) is 16.0. The van der Waals surface area contributed by atoms with E-state index in [9.17, 15) is 4.79 Å². The number of rotatable bonds is 4. The monoisotopic (exact) mass is 356 g/mol. The lowest BCUT2D eigenvalue weighted by Crippen LogP contribution is -2.49. The molecule has 1 fully saturated rings. The number of amides is 1. The minimum Gasteiger partial charge on any atom is -0.497 e. The van der Waals surface area contributed by atoms with Crippen LogP contribution in [0.15, 0.2) is 42.0 Å². The van der Waals surface area contributed by atoms with E-state index in [1.807, 2.05) is 45.3 Å². The fourth-order valence-corrected chi connectivity index (χ4v) is 3.87. The first-order chi connectivity index (χ1) is 12.2. The molecule has 0 bridgehead atoms. The second-order valence-corrected chi connectivity index (χ2v) is 6.94. The number of fused-ring (bicyclic) bond motifs is 1. The second kappa shape index (κ2) is 6.76. The minimum absolute atomic E-state index is 0.149. The molecule has 1 amide bonds. The summed E-state index contributed by atoms with van der Waals surface area (Å²) in [7, 11) is 1.68. The molecule has 1 aliphatic heterocycles. The summed E-state index contributed by atoms with van der Waals surface area (Å²) in [5.41, 5.74) is 1.98. The van der Waals surface area contributed by atoms with Crippen molar-refractivity contribution in [2.75, 3.05) is 38.2 Å². The Morgan fingerprint density at radius 2 is 2.12 bits per heavy atom. The Morgan fingerprint density at radius 1 is 1.28 bits per heavy atom. The molecule has 7 heteroatoms. The van der Waals surface area contributed by atoms with Gasteiger partial charge in [-0.3, -0.25) is 9.20 Å². The van der Waals surface area contributed by atoms with Gasteiger partial charge in [-0.1, -0.05) is 6.07 Å². The summed E-state index contributed by atoms with van der Waals surface area (Å²) in [6.45, 7) is 3.13. The van der Waals surface area contributed by atoms with E-state index in [0.29, 0.717) is 6.42 Å². The van der Waals surface area contributed by atoms with Gasteiger partial charge in [-0.25, -0.2) is 4.98 Å². The standard InChI is InChI=1S/C18H20N4O2S/c1-24-16-4-2-3-15(12-16)20-5-7-21(8-6-20)17(23)11-14-13-22-9-10-25-18(22)19-14/h2-4,9-10,12-13H,5-8,11H2,1H3. The van der Waals surface area contributed by atoms with Crippen LogP contribution in [0.4, 0.5) is 5.69 Å². The van der Waals surface area contributed by atoms with Crippen molar-refractivity contribution < 1.29 is 9.53 Å². The Hall–Kier alpha value is -2.54. The molecule has 0 N–H and O–H groups in total. The first-order valence-electron chi connectivity index (χ1n) is 8.31. The SMILES string of the molecule is COc1cccc(N2CCN(C(=O)Cc3cn4ccsc4n3)CC2)c1. The molecule has 4 rings (SSSR count). The van der Waals surface area contributed by atoms with Crippen LogP contribution in [0, 0.1) is 0 Å². The van der Waals surface area contributed by atoms with Crippen LogP contribution >= 0.6 is 11.3 Å². The number of hydrogen-bond acceptors (Lipinski definition) is 5. The van der Waals surface area contributed by atoms with Crippen molar-refractivity contribution in [1.29, 1.82) is 0 Å². The van der Waals surface area contributed by atoms with Crippen molar-refractivity contribution in [3.63, 3.8) is 0 Å². The second-order valence-electron chi connectivity index (χ2n) is 6.07. The first-order valence-corrected chi connectivity index (χ1v) is 9.19. The quantitative estimate of drug-likeness (QED) is 0.720. The zero-order valence-corrected chi connectivity index (χ0v) is 14.9. The molecular weight excluding hydrogens is 336 g/mol. The topological polar surface area (TPSA) is 50.1 Å². The average Bonchev–Trinajstić information content (AvgIpc) is 3.23. The number of benzene rings is 1. The zero-order chi connectivity index (χ0) is 17.2. The summed E-state index contributed by atoms with van der Waals surface area (Å²) in [6, 6.07) is 8.06. The fourth-order valence-electron chi connectivity index (χ4n) is 3.15. The lowest BCUT2D eigenvalue weighted by atomic mass is 10.2. The van der Waals surface area contributed by atoms with Crippen molar-refractivity contribution in [1.82, 2.24) is 14.3 Å². The molecule has 0 atom stereocenters. The van der Waals surface area contributed by atoms with E-state index in [2.05, 4.69) is 16.0 Å². The minimum atomic E-state index is 0.149. The van der Waals surface area contributed by atoms with E-state index in [0.717, 1.165) is 48.3 Å². The number of ether oxygens (including phenoxy) is 1. The highest BCUT2D eigenvalue weighted by Gasteiger charge is 2.22. The number of nitrogens with zero attached hydrogens (tertiary/aromatic N) is 4. The third-order valence-corrected chi connectivity index (χ3v) is 5.30. The molecule has 25 heavy (non-hydrogen) atoms. The molecule has 2 aromatic heterocycles. The van der Waals surface area contributed by atoms with Gasteiger partial charge in [0.15, 0.2) is 4.96 Å². The maximum atomic E-state index is 12.6. The number of aromatic nitrogens is 2. The molecule has 3 aromatic rings. The summed E-state index contributed by atoms with van der Waals surface area (Å²) in [5, 5.41) is 1.99. The molecule has 3 heterocycles. The summed E-state index contributed by atoms with van der Waals surface area (Å²) in [5.74, 6) is 1.01. The molecule has 130 valence electrons. The molecule has 0 spiro atoms. The zero-order valence-electron chi connectivity index (χ0n) is 14.1. The van der Waals surface area contributed by atoms with Crippen LogP contribution in [0.1, 0.15) is 5.69 Å².